The topological polar surface area (TPSA) is 32.3 Å². The molecule has 62 valence electrons. The predicted octanol–water partition coefficient (Wildman–Crippen LogP) is -0.0309. The van der Waals surface area contributed by atoms with E-state index in [1.807, 2.05) is 0 Å². The summed E-state index contributed by atoms with van der Waals surface area (Å²) in [6.45, 7) is 2.25. The van der Waals surface area contributed by atoms with E-state index in [0.29, 0.717) is 6.04 Å². The molecule has 1 aliphatic heterocycles. The van der Waals surface area contributed by atoms with E-state index >= 15 is 0 Å². The summed E-state index contributed by atoms with van der Waals surface area (Å²) in [6, 6.07) is 1.28. The fourth-order valence-electron chi connectivity index (χ4n) is 1.79. The molecule has 1 atom stereocenters. The Balaban J connectivity index is 1.78. The molecule has 0 radical (unpaired) electrons. The molecule has 0 aromatic rings. The highest BCUT2D eigenvalue weighted by atomic mass is 16.1. The molecule has 0 aromatic carbocycles. The Morgan fingerprint density at radius 2 is 2.18 bits per heavy atom. The Morgan fingerprint density at radius 3 is 2.82 bits per heavy atom. The van der Waals surface area contributed by atoms with Crippen molar-refractivity contribution in [1.29, 1.82) is 0 Å². The maximum Gasteiger partial charge on any atom is 0.207 e. The van der Waals surface area contributed by atoms with Gasteiger partial charge in [-0.3, -0.25) is 9.69 Å². The third-order valence-electron chi connectivity index (χ3n) is 2.59. The van der Waals surface area contributed by atoms with Crippen LogP contribution in [0.1, 0.15) is 19.3 Å². The SMILES string of the molecule is O=CNC1CCN(C2CC2)C1. The molecule has 0 aromatic heterocycles. The first-order chi connectivity index (χ1) is 5.40. The number of nitrogens with one attached hydrogen (secondary N) is 1. The molecule has 0 spiro atoms. The second-order valence-electron chi connectivity index (χ2n) is 3.50. The Bertz CT molecular complexity index is 156. The lowest BCUT2D eigenvalue weighted by atomic mass is 10.3. The Hall–Kier alpha value is -0.570. The van der Waals surface area contributed by atoms with Crippen LogP contribution in [0.15, 0.2) is 0 Å². The molecule has 3 nitrogen and oxygen atoms in total. The largest absolute Gasteiger partial charge is 0.355 e. The van der Waals surface area contributed by atoms with Crippen LogP contribution in [0.3, 0.4) is 0 Å². The van der Waals surface area contributed by atoms with Crippen LogP contribution < -0.4 is 5.32 Å². The van der Waals surface area contributed by atoms with Crippen molar-refractivity contribution >= 4 is 6.41 Å². The van der Waals surface area contributed by atoms with E-state index in [1.54, 1.807) is 0 Å². The van der Waals surface area contributed by atoms with E-state index in [2.05, 4.69) is 10.2 Å². The van der Waals surface area contributed by atoms with Gasteiger partial charge in [-0.15, -0.1) is 0 Å². The van der Waals surface area contributed by atoms with Crippen molar-refractivity contribution in [3.63, 3.8) is 0 Å². The first-order valence-electron chi connectivity index (χ1n) is 4.34. The summed E-state index contributed by atoms with van der Waals surface area (Å²) in [4.78, 5) is 12.6. The van der Waals surface area contributed by atoms with Crippen molar-refractivity contribution in [2.24, 2.45) is 0 Å². The summed E-state index contributed by atoms with van der Waals surface area (Å²) in [5.41, 5.74) is 0. The van der Waals surface area contributed by atoms with Gasteiger partial charge >= 0.3 is 0 Å². The Kier molecular flexibility index (Phi) is 1.82. The summed E-state index contributed by atoms with van der Waals surface area (Å²) in [6.07, 6.45) is 4.69. The smallest absolute Gasteiger partial charge is 0.207 e. The molecule has 1 N–H and O–H groups in total. The third kappa shape index (κ3) is 1.53. The summed E-state index contributed by atoms with van der Waals surface area (Å²) in [7, 11) is 0. The monoisotopic (exact) mass is 154 g/mol. The number of carbonyl (C=O) groups excluding carboxylic acids is 1. The van der Waals surface area contributed by atoms with E-state index in [1.165, 1.54) is 19.4 Å². The average Bonchev–Trinajstić information content (AvgIpc) is 2.75. The van der Waals surface area contributed by atoms with Crippen LogP contribution in [0.4, 0.5) is 0 Å². The summed E-state index contributed by atoms with van der Waals surface area (Å²) >= 11 is 0. The lowest BCUT2D eigenvalue weighted by Crippen LogP contribution is -2.32. The zero-order valence-electron chi connectivity index (χ0n) is 6.62. The number of amides is 1. The fraction of sp³-hybridized carbons (Fsp3) is 0.875. The first-order valence-corrected chi connectivity index (χ1v) is 4.34. The van der Waals surface area contributed by atoms with Crippen LogP contribution in [0, 0.1) is 0 Å². The molecule has 1 saturated heterocycles. The molecule has 11 heavy (non-hydrogen) atoms. The maximum absolute atomic E-state index is 10.1. The van der Waals surface area contributed by atoms with Gasteiger partial charge in [-0.2, -0.15) is 0 Å². The van der Waals surface area contributed by atoms with E-state index in [9.17, 15) is 4.79 Å². The number of rotatable bonds is 3. The van der Waals surface area contributed by atoms with E-state index in [0.717, 1.165) is 25.4 Å². The molecule has 1 amide bonds. The summed E-state index contributed by atoms with van der Waals surface area (Å²) < 4.78 is 0. The van der Waals surface area contributed by atoms with Crippen LogP contribution in [-0.4, -0.2) is 36.5 Å². The van der Waals surface area contributed by atoms with E-state index < -0.39 is 0 Å². The minimum Gasteiger partial charge on any atom is -0.355 e. The predicted molar refractivity (Wildman–Crippen MR) is 42.2 cm³/mol. The second kappa shape index (κ2) is 2.81. The van der Waals surface area contributed by atoms with Crippen molar-refractivity contribution in [2.75, 3.05) is 13.1 Å². The molecule has 1 heterocycles. The van der Waals surface area contributed by atoms with Crippen molar-refractivity contribution in [1.82, 2.24) is 10.2 Å². The molecule has 1 saturated carbocycles. The van der Waals surface area contributed by atoms with Crippen molar-refractivity contribution in [2.45, 2.75) is 31.3 Å². The van der Waals surface area contributed by atoms with Gasteiger partial charge in [0.2, 0.25) is 6.41 Å². The lowest BCUT2D eigenvalue weighted by molar-refractivity contribution is -0.110. The van der Waals surface area contributed by atoms with Crippen LogP contribution in [0.2, 0.25) is 0 Å². The average molecular weight is 154 g/mol. The third-order valence-corrected chi connectivity index (χ3v) is 2.59. The van der Waals surface area contributed by atoms with Gasteiger partial charge in [0.15, 0.2) is 0 Å². The number of hydrogen-bond acceptors (Lipinski definition) is 2. The highest BCUT2D eigenvalue weighted by Gasteiger charge is 2.33. The minimum atomic E-state index is 0.424. The molecule has 2 fully saturated rings. The number of nitrogens with zero attached hydrogens (tertiary/aromatic N) is 1. The summed E-state index contributed by atoms with van der Waals surface area (Å²) in [5, 5.41) is 2.83. The quantitative estimate of drug-likeness (QED) is 0.579. The Labute approximate surface area is 66.8 Å². The van der Waals surface area contributed by atoms with Gasteiger partial charge in [0, 0.05) is 25.2 Å². The van der Waals surface area contributed by atoms with Gasteiger partial charge in [-0.1, -0.05) is 0 Å². The highest BCUT2D eigenvalue weighted by Crippen LogP contribution is 2.29. The molecule has 2 aliphatic rings. The molecule has 1 unspecified atom stereocenters. The van der Waals surface area contributed by atoms with Crippen LogP contribution in [0.25, 0.3) is 0 Å². The van der Waals surface area contributed by atoms with E-state index in [4.69, 9.17) is 0 Å². The van der Waals surface area contributed by atoms with Gasteiger partial charge in [-0.25, -0.2) is 0 Å². The lowest BCUT2D eigenvalue weighted by Gasteiger charge is -2.13. The number of hydrogen-bond donors (Lipinski definition) is 1. The van der Waals surface area contributed by atoms with Crippen LogP contribution >= 0.6 is 0 Å². The van der Waals surface area contributed by atoms with Crippen LogP contribution in [0.5, 0.6) is 0 Å². The second-order valence-corrected chi connectivity index (χ2v) is 3.50. The normalized spacial score (nSPS) is 32.2. The molecule has 3 heteroatoms. The highest BCUT2D eigenvalue weighted by molar-refractivity contribution is 5.46. The first kappa shape index (κ1) is 7.10. The van der Waals surface area contributed by atoms with Gasteiger partial charge in [0.05, 0.1) is 0 Å². The standard InChI is InChI=1S/C8H14N2O/c11-6-9-7-3-4-10(5-7)8-1-2-8/h6-8H,1-5H2,(H,9,11). The Morgan fingerprint density at radius 1 is 1.36 bits per heavy atom. The molecule has 2 rings (SSSR count). The van der Waals surface area contributed by atoms with Gasteiger partial charge in [-0.05, 0) is 19.3 Å². The van der Waals surface area contributed by atoms with Gasteiger partial charge in [0.25, 0.3) is 0 Å². The van der Waals surface area contributed by atoms with Crippen molar-refractivity contribution in [3.8, 4) is 0 Å². The maximum atomic E-state index is 10.1. The minimum absolute atomic E-state index is 0.424. The van der Waals surface area contributed by atoms with Gasteiger partial charge in [0.1, 0.15) is 0 Å². The molecular weight excluding hydrogens is 140 g/mol. The molecule has 0 bridgehead atoms. The summed E-state index contributed by atoms with van der Waals surface area (Å²) in [5.74, 6) is 0. The van der Waals surface area contributed by atoms with E-state index in [-0.39, 0.29) is 0 Å². The molecule has 1 aliphatic carbocycles. The van der Waals surface area contributed by atoms with Gasteiger partial charge < -0.3 is 5.32 Å². The number of carbonyl (C=O) groups is 1. The zero-order valence-corrected chi connectivity index (χ0v) is 6.62. The molecular formula is C8H14N2O. The zero-order chi connectivity index (χ0) is 7.68. The van der Waals surface area contributed by atoms with Crippen LogP contribution in [-0.2, 0) is 4.79 Å². The van der Waals surface area contributed by atoms with Crippen molar-refractivity contribution in [3.05, 3.63) is 0 Å². The van der Waals surface area contributed by atoms with Crippen molar-refractivity contribution < 1.29 is 4.79 Å². The fourth-order valence-corrected chi connectivity index (χ4v) is 1.79. The number of likely N-dealkylation sites (tertiary alicyclic amines) is 1.